The first kappa shape index (κ1) is 13.4. The van der Waals surface area contributed by atoms with E-state index in [-0.39, 0.29) is 11.4 Å². The maximum Gasteiger partial charge on any atom is 0.178 e. The van der Waals surface area contributed by atoms with Crippen LogP contribution in [0.5, 0.6) is 0 Å². The summed E-state index contributed by atoms with van der Waals surface area (Å²) < 4.78 is 5.64. The fraction of sp³-hybridized carbons (Fsp3) is 0.400. The van der Waals surface area contributed by atoms with Gasteiger partial charge in [-0.15, -0.1) is 0 Å². The number of Topliss-reactive ketones (excluding diaryl/α,β-unsaturated/α-hetero) is 1. The van der Waals surface area contributed by atoms with E-state index in [9.17, 15) is 4.79 Å². The molecule has 0 saturated heterocycles. The van der Waals surface area contributed by atoms with Crippen molar-refractivity contribution in [1.82, 2.24) is 4.98 Å². The molecular weight excluding hydrogens is 240 g/mol. The molecule has 0 spiro atoms. The minimum absolute atomic E-state index is 0.140. The van der Waals surface area contributed by atoms with E-state index in [1.807, 2.05) is 38.1 Å². The van der Waals surface area contributed by atoms with Crippen LogP contribution in [0.15, 0.2) is 36.0 Å². The number of carbonyl (C=O) groups is 1. The molecule has 1 aromatic heterocycles. The Morgan fingerprint density at radius 1 is 1.42 bits per heavy atom. The summed E-state index contributed by atoms with van der Waals surface area (Å²) in [5.74, 6) is -0.140. The van der Waals surface area contributed by atoms with E-state index in [0.29, 0.717) is 12.1 Å². The Kier molecular flexibility index (Phi) is 3.25. The van der Waals surface area contributed by atoms with E-state index in [2.05, 4.69) is 4.98 Å². The van der Waals surface area contributed by atoms with Crippen LogP contribution in [0.3, 0.4) is 0 Å². The van der Waals surface area contributed by atoms with Crippen LogP contribution in [0.2, 0.25) is 0 Å². The van der Waals surface area contributed by atoms with Crippen molar-refractivity contribution in [3.63, 3.8) is 0 Å². The molecule has 1 aromatic rings. The Labute approximate surface area is 112 Å². The van der Waals surface area contributed by atoms with Crippen molar-refractivity contribution in [3.8, 4) is 6.07 Å². The van der Waals surface area contributed by atoms with Crippen molar-refractivity contribution >= 4 is 5.78 Å². The Hall–Kier alpha value is -1.99. The first-order valence-corrected chi connectivity index (χ1v) is 6.10. The number of rotatable bonds is 2. The summed E-state index contributed by atoms with van der Waals surface area (Å²) in [5, 5.41) is 9.15. The van der Waals surface area contributed by atoms with Crippen LogP contribution in [0.25, 0.3) is 0 Å². The average molecular weight is 256 g/mol. The molecule has 1 aliphatic rings. The zero-order valence-corrected chi connectivity index (χ0v) is 11.3. The van der Waals surface area contributed by atoms with Crippen LogP contribution in [-0.4, -0.2) is 17.9 Å². The summed E-state index contributed by atoms with van der Waals surface area (Å²) in [6.45, 7) is 3.66. The van der Waals surface area contributed by atoms with Crippen LogP contribution in [0.4, 0.5) is 0 Å². The summed E-state index contributed by atoms with van der Waals surface area (Å²) in [4.78, 5) is 16.5. The topological polar surface area (TPSA) is 63.0 Å². The van der Waals surface area contributed by atoms with Gasteiger partial charge >= 0.3 is 0 Å². The molecule has 0 fully saturated rings. The lowest BCUT2D eigenvalue weighted by atomic mass is 9.68. The van der Waals surface area contributed by atoms with E-state index in [1.165, 1.54) is 0 Å². The molecule has 4 heteroatoms. The SMILES string of the molecule is COC1(c2ccccn2)C=C(C#N)C(=O)C(C)(C)C1. The highest BCUT2D eigenvalue weighted by Gasteiger charge is 2.47. The first-order valence-electron chi connectivity index (χ1n) is 6.10. The smallest absolute Gasteiger partial charge is 0.178 e. The molecule has 0 saturated carbocycles. The Balaban J connectivity index is 2.62. The van der Waals surface area contributed by atoms with Gasteiger partial charge in [-0.3, -0.25) is 9.78 Å². The number of nitriles is 1. The summed E-state index contributed by atoms with van der Waals surface area (Å²) in [6.07, 6.45) is 3.75. The third kappa shape index (κ3) is 2.18. The minimum Gasteiger partial charge on any atom is -0.368 e. The number of methoxy groups -OCH3 is 1. The Morgan fingerprint density at radius 3 is 2.68 bits per heavy atom. The molecule has 1 unspecified atom stereocenters. The predicted molar refractivity (Wildman–Crippen MR) is 70.0 cm³/mol. The molecule has 0 aliphatic heterocycles. The van der Waals surface area contributed by atoms with Crippen molar-refractivity contribution in [2.24, 2.45) is 5.41 Å². The van der Waals surface area contributed by atoms with Crippen LogP contribution in [-0.2, 0) is 15.1 Å². The standard InChI is InChI=1S/C15H16N2O2/c1-14(2)10-15(19-3,8-11(9-16)13(14)18)12-6-4-5-7-17-12/h4-8H,10H2,1-3H3. The number of hydrogen-bond acceptors (Lipinski definition) is 4. The molecule has 4 nitrogen and oxygen atoms in total. The van der Waals surface area contributed by atoms with Gasteiger partial charge in [-0.05, 0) is 24.6 Å². The molecule has 2 rings (SSSR count). The number of ketones is 1. The normalized spacial score (nSPS) is 25.6. The van der Waals surface area contributed by atoms with E-state index in [1.54, 1.807) is 19.4 Å². The lowest BCUT2D eigenvalue weighted by molar-refractivity contribution is -0.128. The lowest BCUT2D eigenvalue weighted by Crippen LogP contribution is -2.42. The highest BCUT2D eigenvalue weighted by molar-refractivity contribution is 6.03. The maximum atomic E-state index is 12.1. The summed E-state index contributed by atoms with van der Waals surface area (Å²) in [6, 6.07) is 7.51. The zero-order valence-electron chi connectivity index (χ0n) is 11.3. The molecule has 1 aliphatic carbocycles. The number of nitrogens with zero attached hydrogens (tertiary/aromatic N) is 2. The molecule has 0 bridgehead atoms. The monoisotopic (exact) mass is 256 g/mol. The van der Waals surface area contributed by atoms with Crippen LogP contribution >= 0.6 is 0 Å². The second-order valence-corrected chi connectivity index (χ2v) is 5.37. The highest BCUT2D eigenvalue weighted by Crippen LogP contribution is 2.44. The summed E-state index contributed by atoms with van der Waals surface area (Å²) in [5.41, 5.74) is -0.605. The van der Waals surface area contributed by atoms with Gasteiger partial charge in [-0.1, -0.05) is 19.9 Å². The van der Waals surface area contributed by atoms with Crippen molar-refractivity contribution in [2.45, 2.75) is 25.9 Å². The number of aromatic nitrogens is 1. The fourth-order valence-electron chi connectivity index (χ4n) is 2.55. The third-order valence-corrected chi connectivity index (χ3v) is 3.52. The molecule has 1 heterocycles. The van der Waals surface area contributed by atoms with Crippen LogP contribution in [0, 0.1) is 16.7 Å². The second kappa shape index (κ2) is 4.60. The van der Waals surface area contributed by atoms with E-state index in [4.69, 9.17) is 10.00 Å². The first-order chi connectivity index (χ1) is 8.95. The second-order valence-electron chi connectivity index (χ2n) is 5.37. The maximum absolute atomic E-state index is 12.1. The molecule has 0 N–H and O–H groups in total. The summed E-state index contributed by atoms with van der Waals surface area (Å²) in [7, 11) is 1.58. The molecule has 0 aromatic carbocycles. The van der Waals surface area contributed by atoms with Gasteiger partial charge in [0.2, 0.25) is 0 Å². The number of hydrogen-bond donors (Lipinski definition) is 0. The van der Waals surface area contributed by atoms with Gasteiger partial charge in [0.25, 0.3) is 0 Å². The Bertz CT molecular complexity index is 570. The summed E-state index contributed by atoms with van der Waals surface area (Å²) >= 11 is 0. The largest absolute Gasteiger partial charge is 0.368 e. The fourth-order valence-corrected chi connectivity index (χ4v) is 2.55. The van der Waals surface area contributed by atoms with E-state index in [0.717, 1.165) is 0 Å². The third-order valence-electron chi connectivity index (χ3n) is 3.52. The van der Waals surface area contributed by atoms with Gasteiger partial charge < -0.3 is 4.74 Å². The van der Waals surface area contributed by atoms with Gasteiger partial charge in [0.1, 0.15) is 11.7 Å². The minimum atomic E-state index is -0.816. The number of allylic oxidation sites excluding steroid dienone is 1. The molecule has 0 radical (unpaired) electrons. The average Bonchev–Trinajstić information content (AvgIpc) is 2.42. The van der Waals surface area contributed by atoms with Crippen molar-refractivity contribution in [1.29, 1.82) is 5.26 Å². The number of carbonyl (C=O) groups excluding carboxylic acids is 1. The quantitative estimate of drug-likeness (QED) is 0.815. The van der Waals surface area contributed by atoms with E-state index < -0.39 is 11.0 Å². The number of pyridine rings is 1. The molecule has 1 atom stereocenters. The molecule has 0 amide bonds. The van der Waals surface area contributed by atoms with Gasteiger partial charge in [0.05, 0.1) is 11.3 Å². The van der Waals surface area contributed by atoms with Gasteiger partial charge in [-0.2, -0.15) is 5.26 Å². The van der Waals surface area contributed by atoms with E-state index >= 15 is 0 Å². The van der Waals surface area contributed by atoms with Crippen LogP contribution in [0.1, 0.15) is 26.0 Å². The molecule has 98 valence electrons. The lowest BCUT2D eigenvalue weighted by Gasteiger charge is -2.39. The van der Waals surface area contributed by atoms with Gasteiger partial charge in [0, 0.05) is 18.7 Å². The zero-order chi connectivity index (χ0) is 14.1. The van der Waals surface area contributed by atoms with Crippen molar-refractivity contribution in [2.75, 3.05) is 7.11 Å². The van der Waals surface area contributed by atoms with Crippen molar-refractivity contribution in [3.05, 3.63) is 41.7 Å². The van der Waals surface area contributed by atoms with Gasteiger partial charge in [-0.25, -0.2) is 0 Å². The highest BCUT2D eigenvalue weighted by atomic mass is 16.5. The van der Waals surface area contributed by atoms with Gasteiger partial charge in [0.15, 0.2) is 5.78 Å². The predicted octanol–water partition coefficient (Wildman–Crippen LogP) is 2.37. The molecule has 19 heavy (non-hydrogen) atoms. The van der Waals surface area contributed by atoms with Crippen molar-refractivity contribution < 1.29 is 9.53 Å². The van der Waals surface area contributed by atoms with Crippen LogP contribution < -0.4 is 0 Å². The Morgan fingerprint density at radius 2 is 2.16 bits per heavy atom. The molecular formula is C15H16N2O2. The number of ether oxygens (including phenoxy) is 1.